The maximum Gasteiger partial charge on any atom is 0.0365 e. The van der Waals surface area contributed by atoms with E-state index in [4.69, 9.17) is 0 Å². The summed E-state index contributed by atoms with van der Waals surface area (Å²) in [5, 5.41) is 3.12. The second-order valence-corrected chi connectivity index (χ2v) is 3.57. The number of anilines is 2. The Morgan fingerprint density at radius 1 is 1.21 bits per heavy atom. The van der Waals surface area contributed by atoms with Crippen molar-refractivity contribution < 1.29 is 0 Å². The zero-order valence-corrected chi connectivity index (χ0v) is 9.38. The highest BCUT2D eigenvalue weighted by atomic mass is 15.1. The average molecular weight is 192 g/mol. The Morgan fingerprint density at radius 2 is 1.86 bits per heavy atom. The summed E-state index contributed by atoms with van der Waals surface area (Å²) in [6.07, 6.45) is 2.50. The number of nitrogens with one attached hydrogen (secondary N) is 1. The summed E-state index contributed by atoms with van der Waals surface area (Å²) in [5.74, 6) is 0. The Morgan fingerprint density at radius 3 is 2.36 bits per heavy atom. The molecule has 0 bridgehead atoms. The average Bonchev–Trinajstić information content (AvgIpc) is 2.26. The van der Waals surface area contributed by atoms with Gasteiger partial charge >= 0.3 is 0 Å². The third-order valence-electron chi connectivity index (χ3n) is 2.44. The zero-order valence-electron chi connectivity index (χ0n) is 9.38. The van der Waals surface area contributed by atoms with Crippen molar-refractivity contribution in [2.24, 2.45) is 0 Å². The fourth-order valence-electron chi connectivity index (χ4n) is 1.41. The summed E-state index contributed by atoms with van der Waals surface area (Å²) in [7, 11) is 4.08. The summed E-state index contributed by atoms with van der Waals surface area (Å²) >= 11 is 0. The normalized spacial score (nSPS) is 9.93. The lowest BCUT2D eigenvalue weighted by atomic mass is 10.2. The van der Waals surface area contributed by atoms with Crippen molar-refractivity contribution in [1.29, 1.82) is 0 Å². The molecular weight excluding hydrogens is 172 g/mol. The second-order valence-electron chi connectivity index (χ2n) is 3.57. The summed E-state index contributed by atoms with van der Waals surface area (Å²) in [6.45, 7) is 3.35. The molecule has 1 rings (SSSR count). The first-order chi connectivity index (χ1) is 6.77. The van der Waals surface area contributed by atoms with Gasteiger partial charge in [-0.1, -0.05) is 13.3 Å². The number of benzene rings is 1. The lowest BCUT2D eigenvalue weighted by Gasteiger charge is -2.19. The van der Waals surface area contributed by atoms with Gasteiger partial charge in [-0.25, -0.2) is 0 Å². The molecule has 2 heteroatoms. The first-order valence-electron chi connectivity index (χ1n) is 5.27. The van der Waals surface area contributed by atoms with E-state index < -0.39 is 0 Å². The first-order valence-corrected chi connectivity index (χ1v) is 5.27. The molecule has 78 valence electrons. The van der Waals surface area contributed by atoms with E-state index in [-0.39, 0.29) is 0 Å². The SMILES string of the molecule is CCCCN(C)c1ccc(NC)cc1. The van der Waals surface area contributed by atoms with Gasteiger partial charge in [-0.15, -0.1) is 0 Å². The van der Waals surface area contributed by atoms with Crippen molar-refractivity contribution in [2.45, 2.75) is 19.8 Å². The summed E-state index contributed by atoms with van der Waals surface area (Å²) < 4.78 is 0. The summed E-state index contributed by atoms with van der Waals surface area (Å²) in [6, 6.07) is 8.53. The van der Waals surface area contributed by atoms with Gasteiger partial charge in [0.05, 0.1) is 0 Å². The van der Waals surface area contributed by atoms with Crippen LogP contribution in [-0.4, -0.2) is 20.6 Å². The minimum absolute atomic E-state index is 1.13. The molecule has 0 saturated heterocycles. The molecular formula is C12H20N2. The number of hydrogen-bond acceptors (Lipinski definition) is 2. The quantitative estimate of drug-likeness (QED) is 0.771. The Kier molecular flexibility index (Phi) is 4.30. The Balaban J connectivity index is 2.57. The predicted molar refractivity (Wildman–Crippen MR) is 64.2 cm³/mol. The van der Waals surface area contributed by atoms with E-state index in [0.717, 1.165) is 12.2 Å². The van der Waals surface area contributed by atoms with Crippen LogP contribution < -0.4 is 10.2 Å². The summed E-state index contributed by atoms with van der Waals surface area (Å²) in [5.41, 5.74) is 2.45. The Labute approximate surface area is 86.9 Å². The Bertz CT molecular complexity index is 254. The zero-order chi connectivity index (χ0) is 10.4. The van der Waals surface area contributed by atoms with Crippen LogP contribution in [0.15, 0.2) is 24.3 Å². The van der Waals surface area contributed by atoms with E-state index in [1.165, 1.54) is 18.5 Å². The molecule has 0 unspecified atom stereocenters. The first kappa shape index (κ1) is 10.9. The molecule has 1 N–H and O–H groups in total. The molecule has 0 saturated carbocycles. The van der Waals surface area contributed by atoms with E-state index in [0.29, 0.717) is 0 Å². The fourth-order valence-corrected chi connectivity index (χ4v) is 1.41. The molecule has 0 aliphatic carbocycles. The van der Waals surface area contributed by atoms with Crippen LogP contribution in [0.2, 0.25) is 0 Å². The van der Waals surface area contributed by atoms with Gasteiger partial charge in [-0.05, 0) is 30.7 Å². The third kappa shape index (κ3) is 2.95. The molecule has 0 fully saturated rings. The van der Waals surface area contributed by atoms with E-state index in [2.05, 4.69) is 48.5 Å². The molecule has 0 aromatic heterocycles. The number of rotatable bonds is 5. The summed E-state index contributed by atoms with van der Waals surface area (Å²) in [4.78, 5) is 2.29. The number of nitrogens with zero attached hydrogens (tertiary/aromatic N) is 1. The van der Waals surface area contributed by atoms with E-state index in [1.54, 1.807) is 0 Å². The van der Waals surface area contributed by atoms with E-state index in [1.807, 2.05) is 7.05 Å². The molecule has 0 amide bonds. The molecule has 0 radical (unpaired) electrons. The maximum atomic E-state index is 3.12. The second kappa shape index (κ2) is 5.53. The molecule has 0 atom stereocenters. The molecule has 1 aromatic carbocycles. The highest BCUT2D eigenvalue weighted by Crippen LogP contribution is 2.16. The van der Waals surface area contributed by atoms with Crippen LogP contribution in [0.25, 0.3) is 0 Å². The van der Waals surface area contributed by atoms with Crippen molar-refractivity contribution in [3.8, 4) is 0 Å². The lowest BCUT2D eigenvalue weighted by molar-refractivity contribution is 0.767. The van der Waals surface area contributed by atoms with Crippen LogP contribution in [0.4, 0.5) is 11.4 Å². The number of unbranched alkanes of at least 4 members (excludes halogenated alkanes) is 1. The predicted octanol–water partition coefficient (Wildman–Crippen LogP) is 2.96. The minimum Gasteiger partial charge on any atom is -0.388 e. The fraction of sp³-hybridized carbons (Fsp3) is 0.500. The van der Waals surface area contributed by atoms with Crippen LogP contribution in [0.3, 0.4) is 0 Å². The van der Waals surface area contributed by atoms with Crippen molar-refractivity contribution >= 4 is 11.4 Å². The standard InChI is InChI=1S/C12H20N2/c1-4-5-10-14(3)12-8-6-11(13-2)7-9-12/h6-9,13H,4-5,10H2,1-3H3. The largest absolute Gasteiger partial charge is 0.388 e. The van der Waals surface area contributed by atoms with Crippen LogP contribution in [0, 0.1) is 0 Å². The van der Waals surface area contributed by atoms with Gasteiger partial charge < -0.3 is 10.2 Å². The number of hydrogen-bond donors (Lipinski definition) is 1. The minimum atomic E-state index is 1.13. The van der Waals surface area contributed by atoms with Crippen LogP contribution in [0.1, 0.15) is 19.8 Å². The van der Waals surface area contributed by atoms with Crippen LogP contribution in [0.5, 0.6) is 0 Å². The van der Waals surface area contributed by atoms with Gasteiger partial charge in [0.2, 0.25) is 0 Å². The van der Waals surface area contributed by atoms with Crippen molar-refractivity contribution in [3.63, 3.8) is 0 Å². The van der Waals surface area contributed by atoms with Gasteiger partial charge in [-0.2, -0.15) is 0 Å². The van der Waals surface area contributed by atoms with E-state index in [9.17, 15) is 0 Å². The van der Waals surface area contributed by atoms with Gasteiger partial charge in [0.25, 0.3) is 0 Å². The monoisotopic (exact) mass is 192 g/mol. The highest BCUT2D eigenvalue weighted by Gasteiger charge is 1.98. The highest BCUT2D eigenvalue weighted by molar-refractivity contribution is 5.54. The van der Waals surface area contributed by atoms with E-state index >= 15 is 0 Å². The lowest BCUT2D eigenvalue weighted by Crippen LogP contribution is -2.17. The maximum absolute atomic E-state index is 3.12. The molecule has 0 aliphatic heterocycles. The third-order valence-corrected chi connectivity index (χ3v) is 2.44. The van der Waals surface area contributed by atoms with Gasteiger partial charge in [0.15, 0.2) is 0 Å². The smallest absolute Gasteiger partial charge is 0.0365 e. The molecule has 1 aromatic rings. The van der Waals surface area contributed by atoms with Crippen LogP contribution in [-0.2, 0) is 0 Å². The topological polar surface area (TPSA) is 15.3 Å². The molecule has 0 heterocycles. The van der Waals surface area contributed by atoms with Crippen LogP contribution >= 0.6 is 0 Å². The molecule has 2 nitrogen and oxygen atoms in total. The van der Waals surface area contributed by atoms with Crippen molar-refractivity contribution in [3.05, 3.63) is 24.3 Å². The van der Waals surface area contributed by atoms with Gasteiger partial charge in [0.1, 0.15) is 0 Å². The Hall–Kier alpha value is -1.18. The molecule has 0 aliphatic rings. The van der Waals surface area contributed by atoms with Gasteiger partial charge in [0, 0.05) is 32.0 Å². The van der Waals surface area contributed by atoms with Crippen molar-refractivity contribution in [2.75, 3.05) is 30.9 Å². The van der Waals surface area contributed by atoms with Crippen molar-refractivity contribution in [1.82, 2.24) is 0 Å². The van der Waals surface area contributed by atoms with Gasteiger partial charge in [-0.3, -0.25) is 0 Å². The molecule has 0 spiro atoms. The molecule has 14 heavy (non-hydrogen) atoms.